The number of hydrogen-bond donors (Lipinski definition) is 2. The van der Waals surface area contributed by atoms with Gasteiger partial charge in [0.15, 0.2) is 0 Å². The molecule has 0 bridgehead atoms. The summed E-state index contributed by atoms with van der Waals surface area (Å²) in [5.74, 6) is 1.30. The number of ether oxygens (including phenoxy) is 2. The van der Waals surface area contributed by atoms with Crippen LogP contribution < -0.4 is 14.8 Å². The Labute approximate surface area is 94.4 Å². The highest BCUT2D eigenvalue weighted by Gasteiger charge is 2.36. The Hall–Kier alpha value is -1.33. The summed E-state index contributed by atoms with van der Waals surface area (Å²) < 4.78 is 10.5. The van der Waals surface area contributed by atoms with Crippen LogP contribution in [0.5, 0.6) is 11.5 Å². The van der Waals surface area contributed by atoms with Crippen molar-refractivity contribution in [3.8, 4) is 11.5 Å². The van der Waals surface area contributed by atoms with E-state index in [0.717, 1.165) is 5.56 Å². The third-order valence-electron chi connectivity index (χ3n) is 2.83. The van der Waals surface area contributed by atoms with Crippen LogP contribution in [0.1, 0.15) is 5.56 Å². The molecule has 16 heavy (non-hydrogen) atoms. The summed E-state index contributed by atoms with van der Waals surface area (Å²) in [5.41, 5.74) is 0.172. The number of nitrogens with zero attached hydrogens (tertiary/aromatic N) is 1. The van der Waals surface area contributed by atoms with Crippen LogP contribution in [0.25, 0.3) is 0 Å². The van der Waals surface area contributed by atoms with Gasteiger partial charge in [-0.25, -0.2) is 0 Å². The summed E-state index contributed by atoms with van der Waals surface area (Å²) in [5, 5.41) is 13.2. The Morgan fingerprint density at radius 2 is 1.88 bits per heavy atom. The molecule has 0 aromatic carbocycles. The van der Waals surface area contributed by atoms with Crippen LogP contribution in [-0.4, -0.2) is 43.0 Å². The molecular formula is C11H16N2O3. The van der Waals surface area contributed by atoms with Gasteiger partial charge < -0.3 is 19.9 Å². The van der Waals surface area contributed by atoms with Gasteiger partial charge >= 0.3 is 0 Å². The molecule has 88 valence electrons. The van der Waals surface area contributed by atoms with Gasteiger partial charge in [0.25, 0.3) is 0 Å². The Balaban J connectivity index is 2.29. The Kier molecular flexibility index (Phi) is 2.98. The van der Waals surface area contributed by atoms with E-state index in [2.05, 4.69) is 10.3 Å². The summed E-state index contributed by atoms with van der Waals surface area (Å²) in [7, 11) is 3.17. The monoisotopic (exact) mass is 224 g/mol. The molecule has 2 heterocycles. The van der Waals surface area contributed by atoms with Gasteiger partial charge in [-0.15, -0.1) is 0 Å². The number of aliphatic hydroxyl groups is 1. The van der Waals surface area contributed by atoms with E-state index in [0.29, 0.717) is 31.0 Å². The normalized spacial score (nSPS) is 17.7. The molecule has 0 spiro atoms. The molecule has 1 aromatic rings. The standard InChI is InChI=1S/C11H16N2O3/c1-15-9-4-12-5-10(16-2)8(9)3-11(14)6-13-7-11/h4-5,13-14H,3,6-7H2,1-2H3. The van der Waals surface area contributed by atoms with Crippen molar-refractivity contribution in [2.75, 3.05) is 27.3 Å². The number of rotatable bonds is 4. The van der Waals surface area contributed by atoms with Crippen molar-refractivity contribution < 1.29 is 14.6 Å². The van der Waals surface area contributed by atoms with Gasteiger partial charge in [0.1, 0.15) is 11.5 Å². The van der Waals surface area contributed by atoms with Crippen molar-refractivity contribution >= 4 is 0 Å². The van der Waals surface area contributed by atoms with Gasteiger partial charge in [-0.05, 0) is 0 Å². The van der Waals surface area contributed by atoms with Gasteiger partial charge in [0.05, 0.1) is 32.2 Å². The molecule has 2 rings (SSSR count). The Morgan fingerprint density at radius 3 is 2.25 bits per heavy atom. The van der Waals surface area contributed by atoms with Crippen molar-refractivity contribution in [2.24, 2.45) is 0 Å². The summed E-state index contributed by atoms with van der Waals surface area (Å²) in [6, 6.07) is 0. The van der Waals surface area contributed by atoms with Gasteiger partial charge in [-0.2, -0.15) is 0 Å². The van der Waals surface area contributed by atoms with Crippen molar-refractivity contribution in [1.82, 2.24) is 10.3 Å². The average Bonchev–Trinajstić information content (AvgIpc) is 2.27. The first kappa shape index (κ1) is 11.2. The lowest BCUT2D eigenvalue weighted by molar-refractivity contribution is -0.00988. The molecule has 0 atom stereocenters. The van der Waals surface area contributed by atoms with E-state index in [1.54, 1.807) is 26.6 Å². The number of nitrogens with one attached hydrogen (secondary N) is 1. The highest BCUT2D eigenvalue weighted by molar-refractivity contribution is 5.43. The zero-order valence-corrected chi connectivity index (χ0v) is 9.49. The number of hydrogen-bond acceptors (Lipinski definition) is 5. The van der Waals surface area contributed by atoms with E-state index < -0.39 is 5.60 Å². The van der Waals surface area contributed by atoms with Crippen LogP contribution in [-0.2, 0) is 6.42 Å². The first-order valence-electron chi connectivity index (χ1n) is 5.16. The summed E-state index contributed by atoms with van der Waals surface area (Å²) in [4.78, 5) is 4.01. The summed E-state index contributed by atoms with van der Waals surface area (Å²) in [6.45, 7) is 1.20. The molecular weight excluding hydrogens is 208 g/mol. The Morgan fingerprint density at radius 1 is 1.31 bits per heavy atom. The fourth-order valence-electron chi connectivity index (χ4n) is 1.84. The van der Waals surface area contributed by atoms with Gasteiger partial charge in [-0.1, -0.05) is 0 Å². The lowest BCUT2D eigenvalue weighted by Gasteiger charge is -2.38. The van der Waals surface area contributed by atoms with Crippen LogP contribution in [0.15, 0.2) is 12.4 Å². The number of methoxy groups -OCH3 is 2. The zero-order valence-electron chi connectivity index (χ0n) is 9.49. The lowest BCUT2D eigenvalue weighted by atomic mass is 9.89. The molecule has 5 nitrogen and oxygen atoms in total. The first-order chi connectivity index (χ1) is 7.68. The van der Waals surface area contributed by atoms with Gasteiger partial charge in [0, 0.05) is 25.1 Å². The van der Waals surface area contributed by atoms with E-state index in [9.17, 15) is 5.11 Å². The molecule has 0 aliphatic carbocycles. The second-order valence-electron chi connectivity index (χ2n) is 4.03. The lowest BCUT2D eigenvalue weighted by Crippen LogP contribution is -2.60. The average molecular weight is 224 g/mol. The summed E-state index contributed by atoms with van der Waals surface area (Å²) >= 11 is 0. The van der Waals surface area contributed by atoms with E-state index in [1.165, 1.54) is 0 Å². The minimum absolute atomic E-state index is 0.509. The third kappa shape index (κ3) is 1.96. The van der Waals surface area contributed by atoms with Crippen LogP contribution in [0.2, 0.25) is 0 Å². The maximum Gasteiger partial charge on any atom is 0.144 e. The second-order valence-corrected chi connectivity index (χ2v) is 4.03. The van der Waals surface area contributed by atoms with E-state index >= 15 is 0 Å². The molecule has 1 saturated heterocycles. The maximum atomic E-state index is 10.1. The highest BCUT2D eigenvalue weighted by Crippen LogP contribution is 2.31. The third-order valence-corrected chi connectivity index (χ3v) is 2.83. The van der Waals surface area contributed by atoms with E-state index in [4.69, 9.17) is 9.47 Å². The predicted octanol–water partition coefficient (Wildman–Crippen LogP) is -0.0244. The number of pyridine rings is 1. The van der Waals surface area contributed by atoms with Crippen molar-refractivity contribution in [1.29, 1.82) is 0 Å². The highest BCUT2D eigenvalue weighted by atomic mass is 16.5. The molecule has 1 aliphatic rings. The number of β-amino-alcohol motifs (C(OH)–C–C–N with tert-alkyl or cyclic N) is 1. The van der Waals surface area contributed by atoms with Crippen LogP contribution in [0.3, 0.4) is 0 Å². The van der Waals surface area contributed by atoms with Crippen LogP contribution in [0, 0.1) is 0 Å². The molecule has 5 heteroatoms. The molecule has 1 fully saturated rings. The molecule has 2 N–H and O–H groups in total. The fourth-order valence-corrected chi connectivity index (χ4v) is 1.84. The Bertz CT molecular complexity index is 355. The predicted molar refractivity (Wildman–Crippen MR) is 58.9 cm³/mol. The molecule has 1 aromatic heterocycles. The molecule has 0 unspecified atom stereocenters. The van der Waals surface area contributed by atoms with E-state index in [-0.39, 0.29) is 0 Å². The fraction of sp³-hybridized carbons (Fsp3) is 0.545. The topological polar surface area (TPSA) is 63.6 Å². The van der Waals surface area contributed by atoms with Gasteiger partial charge in [-0.3, -0.25) is 4.98 Å². The molecule has 0 radical (unpaired) electrons. The minimum Gasteiger partial charge on any atom is -0.495 e. The van der Waals surface area contributed by atoms with Gasteiger partial charge in [0.2, 0.25) is 0 Å². The van der Waals surface area contributed by atoms with Crippen LogP contribution >= 0.6 is 0 Å². The van der Waals surface area contributed by atoms with Crippen LogP contribution in [0.4, 0.5) is 0 Å². The van der Waals surface area contributed by atoms with Crippen molar-refractivity contribution in [3.05, 3.63) is 18.0 Å². The number of aromatic nitrogens is 1. The SMILES string of the molecule is COc1cncc(OC)c1CC1(O)CNC1. The largest absolute Gasteiger partial charge is 0.495 e. The summed E-state index contributed by atoms with van der Waals surface area (Å²) in [6.07, 6.45) is 3.77. The van der Waals surface area contributed by atoms with Crippen molar-refractivity contribution in [3.63, 3.8) is 0 Å². The second kappa shape index (κ2) is 4.27. The minimum atomic E-state index is -0.693. The van der Waals surface area contributed by atoms with Crippen molar-refractivity contribution in [2.45, 2.75) is 12.0 Å². The molecule has 0 saturated carbocycles. The first-order valence-corrected chi connectivity index (χ1v) is 5.16. The zero-order chi connectivity index (χ0) is 11.6. The smallest absolute Gasteiger partial charge is 0.144 e. The maximum absolute atomic E-state index is 10.1. The molecule has 1 aliphatic heterocycles. The quantitative estimate of drug-likeness (QED) is 0.752. The van der Waals surface area contributed by atoms with E-state index in [1.807, 2.05) is 0 Å². The molecule has 0 amide bonds.